The molecule has 35 heavy (non-hydrogen) atoms. The first-order valence-corrected chi connectivity index (χ1v) is 17.1. The molecule has 0 heterocycles. The third-order valence-electron chi connectivity index (χ3n) is 8.80. The summed E-state index contributed by atoms with van der Waals surface area (Å²) in [6.45, 7) is 7.03. The van der Waals surface area contributed by atoms with Crippen molar-refractivity contribution in [3.63, 3.8) is 0 Å². The highest BCUT2D eigenvalue weighted by Crippen LogP contribution is 2.45. The van der Waals surface area contributed by atoms with Gasteiger partial charge in [0.1, 0.15) is 0 Å². The quantitative estimate of drug-likeness (QED) is 0.0810. The van der Waals surface area contributed by atoms with Crippen molar-refractivity contribution in [1.82, 2.24) is 4.90 Å². The Morgan fingerprint density at radius 2 is 1.00 bits per heavy atom. The second kappa shape index (κ2) is 24.6. The van der Waals surface area contributed by atoms with Crippen LogP contribution in [0.25, 0.3) is 0 Å². The molecule has 2 heteroatoms. The maximum atomic E-state index is 4.41. The highest BCUT2D eigenvalue weighted by atomic mass is 32.1. The minimum Gasteiger partial charge on any atom is -0.306 e. The molecule has 0 spiro atoms. The molecule has 1 saturated carbocycles. The van der Waals surface area contributed by atoms with Crippen LogP contribution in [-0.4, -0.2) is 30.8 Å². The molecule has 210 valence electrons. The van der Waals surface area contributed by atoms with E-state index in [1.807, 2.05) is 0 Å². The molecule has 0 aromatic heterocycles. The van der Waals surface area contributed by atoms with Gasteiger partial charge in [-0.1, -0.05) is 155 Å². The highest BCUT2D eigenvalue weighted by molar-refractivity contribution is 7.80. The van der Waals surface area contributed by atoms with Crippen molar-refractivity contribution in [3.05, 3.63) is 0 Å². The average Bonchev–Trinajstić information content (AvgIpc) is 3.61. The molecule has 1 aliphatic rings. The number of hydrogen-bond donors (Lipinski definition) is 1. The van der Waals surface area contributed by atoms with E-state index in [-0.39, 0.29) is 0 Å². The summed E-state index contributed by atoms with van der Waals surface area (Å²) in [6.07, 6.45) is 35.3. The molecular weight excluding hydrogens is 442 g/mol. The Hall–Kier alpha value is 0.310. The van der Waals surface area contributed by atoms with E-state index in [4.69, 9.17) is 0 Å². The van der Waals surface area contributed by atoms with Gasteiger partial charge in [-0.3, -0.25) is 0 Å². The van der Waals surface area contributed by atoms with Gasteiger partial charge in [0.05, 0.1) is 0 Å². The maximum Gasteiger partial charge on any atom is 0.00668 e. The van der Waals surface area contributed by atoms with Crippen LogP contribution in [0, 0.1) is 17.8 Å². The zero-order valence-corrected chi connectivity index (χ0v) is 25.6. The first kappa shape index (κ1) is 33.3. The SMILES string of the molecule is CCCCCCCCCC(CCCCCCCC1CC1CCCCCCCC)CCN(C)CCS. The Balaban J connectivity index is 2.02. The van der Waals surface area contributed by atoms with Crippen LogP contribution < -0.4 is 0 Å². The maximum absolute atomic E-state index is 4.41. The van der Waals surface area contributed by atoms with Crippen molar-refractivity contribution in [2.45, 2.75) is 168 Å². The second-order valence-corrected chi connectivity index (χ2v) is 12.7. The molecule has 0 bridgehead atoms. The summed E-state index contributed by atoms with van der Waals surface area (Å²) in [5.41, 5.74) is 0. The third-order valence-corrected chi connectivity index (χ3v) is 9.00. The number of hydrogen-bond acceptors (Lipinski definition) is 2. The van der Waals surface area contributed by atoms with Crippen molar-refractivity contribution in [1.29, 1.82) is 0 Å². The molecule has 1 nitrogen and oxygen atoms in total. The molecule has 0 saturated heterocycles. The van der Waals surface area contributed by atoms with Gasteiger partial charge < -0.3 is 4.90 Å². The van der Waals surface area contributed by atoms with Crippen LogP contribution in [0.15, 0.2) is 0 Å². The van der Waals surface area contributed by atoms with Gasteiger partial charge in [0.2, 0.25) is 0 Å². The molecule has 0 N–H and O–H groups in total. The molecule has 3 atom stereocenters. The van der Waals surface area contributed by atoms with Gasteiger partial charge in [-0.15, -0.1) is 0 Å². The Kier molecular flexibility index (Phi) is 23.5. The zero-order valence-electron chi connectivity index (χ0n) is 24.7. The van der Waals surface area contributed by atoms with Crippen LogP contribution in [0.1, 0.15) is 168 Å². The second-order valence-electron chi connectivity index (χ2n) is 12.2. The van der Waals surface area contributed by atoms with Crippen LogP contribution in [-0.2, 0) is 0 Å². The lowest BCUT2D eigenvalue weighted by Gasteiger charge is -2.21. The summed E-state index contributed by atoms with van der Waals surface area (Å²) in [5, 5.41) is 0. The number of rotatable bonds is 28. The van der Waals surface area contributed by atoms with Gasteiger partial charge in [-0.2, -0.15) is 12.6 Å². The van der Waals surface area contributed by atoms with Gasteiger partial charge in [0, 0.05) is 12.3 Å². The third kappa shape index (κ3) is 21.0. The van der Waals surface area contributed by atoms with Crippen LogP contribution in [0.5, 0.6) is 0 Å². The Bertz CT molecular complexity index is 425. The molecule has 3 unspecified atom stereocenters. The number of thiol groups is 1. The van der Waals surface area contributed by atoms with E-state index in [1.54, 1.807) is 19.3 Å². The predicted octanol–water partition coefficient (Wildman–Crippen LogP) is 11.1. The van der Waals surface area contributed by atoms with Gasteiger partial charge in [0.15, 0.2) is 0 Å². The van der Waals surface area contributed by atoms with Crippen molar-refractivity contribution in [3.8, 4) is 0 Å². The molecule has 0 aliphatic heterocycles. The average molecular weight is 510 g/mol. The fourth-order valence-corrected chi connectivity index (χ4v) is 6.42. The van der Waals surface area contributed by atoms with Crippen molar-refractivity contribution < 1.29 is 0 Å². The van der Waals surface area contributed by atoms with Gasteiger partial charge in [-0.05, 0) is 44.2 Å². The standard InChI is InChI=1S/C33H67NS/c1-4-6-8-10-12-14-18-22-31(26-27-34(3)28-29-35)23-19-15-13-17-21-25-33-30-32(33)24-20-16-11-9-7-5-2/h31-33,35H,4-30H2,1-3H3. The summed E-state index contributed by atoms with van der Waals surface area (Å²) < 4.78 is 0. The lowest BCUT2D eigenvalue weighted by atomic mass is 9.91. The van der Waals surface area contributed by atoms with E-state index in [2.05, 4.69) is 38.4 Å². The molecule has 1 rings (SSSR count). The van der Waals surface area contributed by atoms with Crippen molar-refractivity contribution in [2.24, 2.45) is 17.8 Å². The largest absolute Gasteiger partial charge is 0.306 e. The van der Waals surface area contributed by atoms with Crippen LogP contribution in [0.2, 0.25) is 0 Å². The Morgan fingerprint density at radius 3 is 1.46 bits per heavy atom. The lowest BCUT2D eigenvalue weighted by molar-refractivity contribution is 0.290. The summed E-state index contributed by atoms with van der Waals surface area (Å²) in [6, 6.07) is 0. The normalized spacial score (nSPS) is 18.4. The Labute approximate surface area is 228 Å². The fraction of sp³-hybridized carbons (Fsp3) is 1.00. The molecule has 0 aromatic carbocycles. The van der Waals surface area contributed by atoms with E-state index >= 15 is 0 Å². The van der Waals surface area contributed by atoms with Crippen LogP contribution in [0.3, 0.4) is 0 Å². The van der Waals surface area contributed by atoms with Crippen molar-refractivity contribution >= 4 is 12.6 Å². The van der Waals surface area contributed by atoms with Crippen LogP contribution in [0.4, 0.5) is 0 Å². The van der Waals surface area contributed by atoms with Gasteiger partial charge >= 0.3 is 0 Å². The molecule has 0 radical (unpaired) electrons. The first-order valence-electron chi connectivity index (χ1n) is 16.5. The molecular formula is C33H67NS. The number of unbranched alkanes of at least 4 members (excludes halogenated alkanes) is 15. The van der Waals surface area contributed by atoms with Crippen molar-refractivity contribution in [2.75, 3.05) is 25.9 Å². The minimum atomic E-state index is 0.960. The van der Waals surface area contributed by atoms with Gasteiger partial charge in [0.25, 0.3) is 0 Å². The lowest BCUT2D eigenvalue weighted by Crippen LogP contribution is -2.23. The van der Waals surface area contributed by atoms with E-state index in [9.17, 15) is 0 Å². The monoisotopic (exact) mass is 509 g/mol. The summed E-state index contributed by atoms with van der Waals surface area (Å²) in [5.74, 6) is 4.18. The van der Waals surface area contributed by atoms with E-state index < -0.39 is 0 Å². The highest BCUT2D eigenvalue weighted by Gasteiger charge is 2.34. The summed E-state index contributed by atoms with van der Waals surface area (Å²) >= 11 is 4.41. The first-order chi connectivity index (χ1) is 17.2. The van der Waals surface area contributed by atoms with Crippen LogP contribution >= 0.6 is 12.6 Å². The predicted molar refractivity (Wildman–Crippen MR) is 164 cm³/mol. The molecule has 1 fully saturated rings. The summed E-state index contributed by atoms with van der Waals surface area (Å²) in [7, 11) is 2.28. The fourth-order valence-electron chi connectivity index (χ4n) is 6.08. The van der Waals surface area contributed by atoms with E-state index in [1.165, 1.54) is 141 Å². The minimum absolute atomic E-state index is 0.960. The zero-order chi connectivity index (χ0) is 25.4. The molecule has 1 aliphatic carbocycles. The molecule has 0 aromatic rings. The topological polar surface area (TPSA) is 3.24 Å². The van der Waals surface area contributed by atoms with Gasteiger partial charge in [-0.25, -0.2) is 0 Å². The Morgan fingerprint density at radius 1 is 0.571 bits per heavy atom. The smallest absolute Gasteiger partial charge is 0.00668 e. The number of nitrogens with zero attached hydrogens (tertiary/aromatic N) is 1. The van der Waals surface area contributed by atoms with E-state index in [0.29, 0.717) is 0 Å². The summed E-state index contributed by atoms with van der Waals surface area (Å²) in [4.78, 5) is 2.49. The molecule has 0 amide bonds. The van der Waals surface area contributed by atoms with E-state index in [0.717, 1.165) is 30.1 Å².